The van der Waals surface area contributed by atoms with Crippen molar-refractivity contribution < 1.29 is 19.4 Å². The third-order valence-electron chi connectivity index (χ3n) is 2.06. The van der Waals surface area contributed by atoms with Gasteiger partial charge in [0, 0.05) is 12.0 Å². The molecule has 0 fully saturated rings. The van der Waals surface area contributed by atoms with Gasteiger partial charge in [0.15, 0.2) is 0 Å². The van der Waals surface area contributed by atoms with Gasteiger partial charge in [-0.25, -0.2) is 4.39 Å². The van der Waals surface area contributed by atoms with Gasteiger partial charge in [0.05, 0.1) is 6.10 Å². The number of aliphatic carboxylic acids is 1. The Bertz CT molecular complexity index is 362. The number of halogens is 2. The maximum Gasteiger partial charge on any atom is 0.320 e. The summed E-state index contributed by atoms with van der Waals surface area (Å²) >= 11 is 0. The Balaban J connectivity index is 0.00000225. The molecule has 2 unspecified atom stereocenters. The highest BCUT2D eigenvalue weighted by Gasteiger charge is 2.19. The van der Waals surface area contributed by atoms with E-state index in [1.54, 1.807) is 6.07 Å². The molecule has 0 bridgehead atoms. The van der Waals surface area contributed by atoms with Crippen LogP contribution in [-0.2, 0) is 4.79 Å². The summed E-state index contributed by atoms with van der Waals surface area (Å²) in [6.07, 6.45) is -1.41. The smallest absolute Gasteiger partial charge is 0.320 e. The van der Waals surface area contributed by atoms with Gasteiger partial charge in [-0.1, -0.05) is 18.2 Å². The summed E-state index contributed by atoms with van der Waals surface area (Å²) in [5.74, 6) is -1.78. The Morgan fingerprint density at radius 3 is 2.50 bits per heavy atom. The number of hydrogen-bond donors (Lipinski definition) is 3. The predicted molar refractivity (Wildman–Crippen MR) is 58.8 cm³/mol. The molecule has 0 amide bonds. The van der Waals surface area contributed by atoms with Crippen LogP contribution in [0.4, 0.5) is 4.39 Å². The zero-order chi connectivity index (χ0) is 11.4. The van der Waals surface area contributed by atoms with Crippen molar-refractivity contribution in [1.29, 1.82) is 0 Å². The van der Waals surface area contributed by atoms with Gasteiger partial charge in [0.1, 0.15) is 11.9 Å². The Hall–Kier alpha value is -1.17. The molecule has 1 rings (SSSR count). The van der Waals surface area contributed by atoms with Gasteiger partial charge in [0.2, 0.25) is 0 Å². The predicted octanol–water partition coefficient (Wildman–Crippen LogP) is 1.08. The van der Waals surface area contributed by atoms with E-state index in [9.17, 15) is 14.3 Å². The number of carboxylic acid groups (broad SMARTS) is 1. The minimum absolute atomic E-state index is 0. The fourth-order valence-electron chi connectivity index (χ4n) is 1.21. The van der Waals surface area contributed by atoms with Crippen molar-refractivity contribution in [3.05, 3.63) is 35.6 Å². The number of carboxylic acids is 1. The van der Waals surface area contributed by atoms with Crippen LogP contribution in [0.5, 0.6) is 0 Å². The summed E-state index contributed by atoms with van der Waals surface area (Å²) < 4.78 is 13.1. The van der Waals surface area contributed by atoms with Crippen molar-refractivity contribution in [3.63, 3.8) is 0 Å². The average Bonchev–Trinajstić information content (AvgIpc) is 2.18. The maximum atomic E-state index is 13.1. The molecule has 0 aliphatic rings. The molecule has 90 valence electrons. The Morgan fingerprint density at radius 2 is 2.00 bits per heavy atom. The molecule has 0 radical (unpaired) electrons. The molecule has 0 heterocycles. The third-order valence-corrected chi connectivity index (χ3v) is 2.06. The summed E-state index contributed by atoms with van der Waals surface area (Å²) in [6, 6.07) is 4.45. The van der Waals surface area contributed by atoms with Gasteiger partial charge in [0.25, 0.3) is 0 Å². The molecule has 1 aromatic rings. The van der Waals surface area contributed by atoms with Crippen molar-refractivity contribution in [1.82, 2.24) is 0 Å². The van der Waals surface area contributed by atoms with Gasteiger partial charge < -0.3 is 15.9 Å². The van der Waals surface area contributed by atoms with E-state index in [1.165, 1.54) is 18.2 Å². The first-order chi connectivity index (χ1) is 7.02. The molecule has 0 aliphatic carbocycles. The first kappa shape index (κ1) is 14.8. The fraction of sp³-hybridized carbons (Fsp3) is 0.300. The number of aliphatic hydroxyl groups excluding tert-OH is 1. The number of carbonyl (C=O) groups is 1. The largest absolute Gasteiger partial charge is 0.480 e. The summed E-state index contributed by atoms with van der Waals surface area (Å²) in [4.78, 5) is 10.4. The van der Waals surface area contributed by atoms with E-state index in [1.807, 2.05) is 0 Å². The monoisotopic (exact) mass is 249 g/mol. The summed E-state index contributed by atoms with van der Waals surface area (Å²) in [5.41, 5.74) is 5.29. The van der Waals surface area contributed by atoms with E-state index in [0.29, 0.717) is 0 Å². The van der Waals surface area contributed by atoms with Crippen molar-refractivity contribution in [2.45, 2.75) is 18.6 Å². The fourth-order valence-corrected chi connectivity index (χ4v) is 1.21. The highest BCUT2D eigenvalue weighted by Crippen LogP contribution is 2.20. The molecule has 0 saturated carbocycles. The van der Waals surface area contributed by atoms with Crippen LogP contribution >= 0.6 is 12.4 Å². The van der Waals surface area contributed by atoms with E-state index in [2.05, 4.69) is 0 Å². The lowest BCUT2D eigenvalue weighted by atomic mass is 10.0. The van der Waals surface area contributed by atoms with E-state index in [0.717, 1.165) is 0 Å². The SMILES string of the molecule is Cl.NC(CC(O)c1ccccc1F)C(=O)O. The van der Waals surface area contributed by atoms with Crippen LogP contribution in [0.15, 0.2) is 24.3 Å². The standard InChI is InChI=1S/C10H12FNO3.ClH/c11-7-4-2-1-3-6(7)9(13)5-8(12)10(14)15;/h1-4,8-9,13H,5,12H2,(H,14,15);1H. The van der Waals surface area contributed by atoms with Gasteiger partial charge in [-0.3, -0.25) is 4.79 Å². The van der Waals surface area contributed by atoms with Crippen LogP contribution in [0, 0.1) is 5.82 Å². The van der Waals surface area contributed by atoms with Crippen LogP contribution in [-0.4, -0.2) is 22.2 Å². The molecule has 4 nitrogen and oxygen atoms in total. The van der Waals surface area contributed by atoms with Crippen molar-refractivity contribution in [2.75, 3.05) is 0 Å². The molecule has 1 aromatic carbocycles. The summed E-state index contributed by atoms with van der Waals surface area (Å²) in [6.45, 7) is 0. The molecule has 0 spiro atoms. The average molecular weight is 250 g/mol. The van der Waals surface area contributed by atoms with Gasteiger partial charge in [-0.2, -0.15) is 0 Å². The Labute approximate surface area is 98.3 Å². The van der Waals surface area contributed by atoms with Crippen LogP contribution in [0.2, 0.25) is 0 Å². The number of benzene rings is 1. The zero-order valence-corrected chi connectivity index (χ0v) is 9.15. The third kappa shape index (κ3) is 3.77. The van der Waals surface area contributed by atoms with Crippen molar-refractivity contribution in [3.8, 4) is 0 Å². The number of hydrogen-bond acceptors (Lipinski definition) is 3. The van der Waals surface area contributed by atoms with E-state index in [-0.39, 0.29) is 24.4 Å². The molecular formula is C10H13ClFNO3. The lowest BCUT2D eigenvalue weighted by Gasteiger charge is -2.14. The van der Waals surface area contributed by atoms with E-state index >= 15 is 0 Å². The molecular weight excluding hydrogens is 237 g/mol. The lowest BCUT2D eigenvalue weighted by molar-refractivity contribution is -0.139. The quantitative estimate of drug-likeness (QED) is 0.746. The minimum atomic E-state index is -1.22. The van der Waals surface area contributed by atoms with Gasteiger partial charge >= 0.3 is 5.97 Å². The van der Waals surface area contributed by atoms with Crippen LogP contribution in [0.3, 0.4) is 0 Å². The van der Waals surface area contributed by atoms with Crippen LogP contribution < -0.4 is 5.73 Å². The second-order valence-corrected chi connectivity index (χ2v) is 3.22. The first-order valence-corrected chi connectivity index (χ1v) is 4.43. The topological polar surface area (TPSA) is 83.5 Å². The van der Waals surface area contributed by atoms with Crippen molar-refractivity contribution >= 4 is 18.4 Å². The lowest BCUT2D eigenvalue weighted by Crippen LogP contribution is -2.32. The highest BCUT2D eigenvalue weighted by atomic mass is 35.5. The number of aliphatic hydroxyl groups is 1. The van der Waals surface area contributed by atoms with Gasteiger partial charge in [-0.05, 0) is 6.07 Å². The zero-order valence-electron chi connectivity index (χ0n) is 8.34. The maximum absolute atomic E-state index is 13.1. The highest BCUT2D eigenvalue weighted by molar-refractivity contribution is 5.85. The second-order valence-electron chi connectivity index (χ2n) is 3.22. The summed E-state index contributed by atoms with van der Waals surface area (Å²) in [5, 5.41) is 18.1. The Kier molecular flexibility index (Phi) is 5.95. The van der Waals surface area contributed by atoms with Gasteiger partial charge in [-0.15, -0.1) is 12.4 Å². The van der Waals surface area contributed by atoms with Crippen molar-refractivity contribution in [2.24, 2.45) is 5.73 Å². The first-order valence-electron chi connectivity index (χ1n) is 4.43. The molecule has 2 atom stereocenters. The minimum Gasteiger partial charge on any atom is -0.480 e. The number of rotatable bonds is 4. The molecule has 0 aliphatic heterocycles. The van der Waals surface area contributed by atoms with E-state index < -0.39 is 23.9 Å². The summed E-state index contributed by atoms with van der Waals surface area (Å²) in [7, 11) is 0. The second kappa shape index (κ2) is 6.42. The Morgan fingerprint density at radius 1 is 1.44 bits per heavy atom. The van der Waals surface area contributed by atoms with Crippen LogP contribution in [0.1, 0.15) is 18.1 Å². The normalized spacial score (nSPS) is 13.7. The number of nitrogens with two attached hydrogens (primary N) is 1. The van der Waals surface area contributed by atoms with Crippen LogP contribution in [0.25, 0.3) is 0 Å². The molecule has 6 heteroatoms. The molecule has 0 aromatic heterocycles. The molecule has 4 N–H and O–H groups in total. The molecule has 16 heavy (non-hydrogen) atoms. The molecule has 0 saturated heterocycles. The van der Waals surface area contributed by atoms with E-state index in [4.69, 9.17) is 10.8 Å².